The van der Waals surface area contributed by atoms with E-state index < -0.39 is 17.8 Å². The summed E-state index contributed by atoms with van der Waals surface area (Å²) in [5.41, 5.74) is 1.91. The second-order valence-electron chi connectivity index (χ2n) is 6.21. The summed E-state index contributed by atoms with van der Waals surface area (Å²) in [5, 5.41) is 1.05. The number of carbonyl (C=O) groups is 3. The van der Waals surface area contributed by atoms with E-state index in [2.05, 4.69) is 0 Å². The summed E-state index contributed by atoms with van der Waals surface area (Å²) in [6.07, 6.45) is 0.765. The fraction of sp³-hybridized carbons (Fsp3) is 0.389. The van der Waals surface area contributed by atoms with Gasteiger partial charge in [0, 0.05) is 18.4 Å². The zero-order valence-corrected chi connectivity index (χ0v) is 14.7. The predicted octanol–water partition coefficient (Wildman–Crippen LogP) is 0.778. The minimum Gasteiger partial charge on any atom is -0.461 e. The number of benzene rings is 1. The SMILES string of the molecule is CCc1oc2ccccc2c1C[NH+](C)CN1C(=O)C(=O)N(CC)C1=O. The van der Waals surface area contributed by atoms with E-state index >= 15 is 0 Å². The van der Waals surface area contributed by atoms with Crippen LogP contribution in [-0.2, 0) is 22.6 Å². The van der Waals surface area contributed by atoms with Gasteiger partial charge in [-0.15, -0.1) is 0 Å². The monoisotopic (exact) mass is 344 g/mol. The Morgan fingerprint density at radius 2 is 1.72 bits per heavy atom. The number of nitrogens with one attached hydrogen (secondary N) is 1. The van der Waals surface area contributed by atoms with E-state index in [1.54, 1.807) is 6.92 Å². The van der Waals surface area contributed by atoms with Gasteiger partial charge in [0.15, 0.2) is 6.67 Å². The Labute approximate surface area is 145 Å². The van der Waals surface area contributed by atoms with Crippen molar-refractivity contribution in [1.29, 1.82) is 0 Å². The highest BCUT2D eigenvalue weighted by Gasteiger charge is 2.45. The average Bonchev–Trinajstić information content (AvgIpc) is 3.05. The predicted molar refractivity (Wildman–Crippen MR) is 90.7 cm³/mol. The molecule has 1 unspecified atom stereocenters. The summed E-state index contributed by atoms with van der Waals surface area (Å²) >= 11 is 0. The van der Waals surface area contributed by atoms with Crippen LogP contribution >= 0.6 is 0 Å². The highest BCUT2D eigenvalue weighted by Crippen LogP contribution is 2.25. The number of carbonyl (C=O) groups excluding carboxylic acids is 3. The van der Waals surface area contributed by atoms with E-state index in [1.165, 1.54) is 0 Å². The Morgan fingerprint density at radius 3 is 2.36 bits per heavy atom. The molecule has 0 saturated carbocycles. The number of nitrogens with zero attached hydrogens (tertiary/aromatic N) is 2. The average molecular weight is 344 g/mol. The zero-order chi connectivity index (χ0) is 18.1. The molecular weight excluding hydrogens is 322 g/mol. The number of furan rings is 1. The maximum atomic E-state index is 12.2. The molecule has 132 valence electrons. The van der Waals surface area contributed by atoms with Crippen LogP contribution in [0.25, 0.3) is 11.0 Å². The van der Waals surface area contributed by atoms with Crippen molar-refractivity contribution in [1.82, 2.24) is 9.80 Å². The first-order chi connectivity index (χ1) is 12.0. The molecule has 0 bridgehead atoms. The number of fused-ring (bicyclic) bond motifs is 1. The standard InChI is InChI=1S/C18H21N3O4/c1-4-14-13(12-8-6-7-9-15(12)25-14)10-19(3)11-21-17(23)16(22)20(5-2)18(21)24/h6-9H,4-5,10-11H2,1-3H3/p+1. The summed E-state index contributed by atoms with van der Waals surface area (Å²) in [7, 11) is 1.89. The van der Waals surface area contributed by atoms with Gasteiger partial charge in [-0.05, 0) is 13.0 Å². The van der Waals surface area contributed by atoms with Gasteiger partial charge in [0.25, 0.3) is 0 Å². The van der Waals surface area contributed by atoms with Gasteiger partial charge in [0.2, 0.25) is 0 Å². The molecule has 7 heteroatoms. The maximum absolute atomic E-state index is 12.2. The van der Waals surface area contributed by atoms with E-state index in [0.29, 0.717) is 6.54 Å². The molecule has 3 rings (SSSR count). The van der Waals surface area contributed by atoms with Crippen LogP contribution in [0.2, 0.25) is 0 Å². The summed E-state index contributed by atoms with van der Waals surface area (Å²) < 4.78 is 5.89. The van der Waals surface area contributed by atoms with Crippen molar-refractivity contribution < 1.29 is 23.7 Å². The first-order valence-electron chi connectivity index (χ1n) is 8.45. The van der Waals surface area contributed by atoms with E-state index in [9.17, 15) is 14.4 Å². The number of rotatable bonds is 6. The van der Waals surface area contributed by atoms with Gasteiger partial charge in [-0.25, -0.2) is 9.69 Å². The molecule has 0 spiro atoms. The number of hydrogen-bond acceptors (Lipinski definition) is 4. The quantitative estimate of drug-likeness (QED) is 0.621. The van der Waals surface area contributed by atoms with Crippen molar-refractivity contribution >= 4 is 28.8 Å². The number of quaternary nitrogens is 1. The van der Waals surface area contributed by atoms with Crippen LogP contribution in [0.4, 0.5) is 4.79 Å². The third kappa shape index (κ3) is 2.91. The topological polar surface area (TPSA) is 75.3 Å². The molecule has 0 aliphatic carbocycles. The number of urea groups is 1. The number of aryl methyl sites for hydroxylation is 1. The van der Waals surface area contributed by atoms with Crippen LogP contribution in [0.5, 0.6) is 0 Å². The molecule has 7 nitrogen and oxygen atoms in total. The van der Waals surface area contributed by atoms with Crippen molar-refractivity contribution in [2.75, 3.05) is 20.3 Å². The lowest BCUT2D eigenvalue weighted by atomic mass is 10.1. The molecule has 1 fully saturated rings. The molecule has 1 aliphatic rings. The third-order valence-electron chi connectivity index (χ3n) is 4.46. The third-order valence-corrected chi connectivity index (χ3v) is 4.46. The van der Waals surface area contributed by atoms with Crippen LogP contribution < -0.4 is 4.90 Å². The molecule has 1 aromatic heterocycles. The number of amides is 4. The van der Waals surface area contributed by atoms with Crippen molar-refractivity contribution in [3.63, 3.8) is 0 Å². The normalized spacial score (nSPS) is 16.4. The van der Waals surface area contributed by atoms with Crippen molar-refractivity contribution in [2.24, 2.45) is 0 Å². The lowest BCUT2D eigenvalue weighted by molar-refractivity contribution is -0.901. The highest BCUT2D eigenvalue weighted by molar-refractivity contribution is 6.44. The second-order valence-corrected chi connectivity index (χ2v) is 6.21. The van der Waals surface area contributed by atoms with E-state index in [1.807, 2.05) is 38.2 Å². The van der Waals surface area contributed by atoms with Crippen LogP contribution in [0, 0.1) is 0 Å². The molecule has 2 aromatic rings. The van der Waals surface area contributed by atoms with Crippen LogP contribution in [-0.4, -0.2) is 47.9 Å². The van der Waals surface area contributed by atoms with Gasteiger partial charge in [0.1, 0.15) is 17.9 Å². The minimum atomic E-state index is -0.751. The fourth-order valence-corrected chi connectivity index (χ4v) is 3.23. The van der Waals surface area contributed by atoms with Gasteiger partial charge in [-0.1, -0.05) is 25.1 Å². The largest absolute Gasteiger partial charge is 0.461 e. The molecular formula is C18H22N3O4+. The first kappa shape index (κ1) is 17.2. The summed E-state index contributed by atoms with van der Waals surface area (Å²) in [4.78, 5) is 39.0. The summed E-state index contributed by atoms with van der Waals surface area (Å²) in [6.45, 7) is 4.64. The molecule has 1 aromatic carbocycles. The van der Waals surface area contributed by atoms with Gasteiger partial charge in [-0.3, -0.25) is 14.5 Å². The Balaban J connectivity index is 1.80. The van der Waals surface area contributed by atoms with Crippen molar-refractivity contribution in [2.45, 2.75) is 26.8 Å². The molecule has 1 atom stereocenters. The molecule has 2 heterocycles. The van der Waals surface area contributed by atoms with E-state index in [-0.39, 0.29) is 13.2 Å². The Kier molecular flexibility index (Phi) is 4.59. The van der Waals surface area contributed by atoms with Gasteiger partial charge < -0.3 is 9.32 Å². The lowest BCUT2D eigenvalue weighted by Gasteiger charge is -2.19. The maximum Gasteiger partial charge on any atom is 0.338 e. The number of likely N-dealkylation sites (N-methyl/N-ethyl adjacent to an activating group) is 1. The first-order valence-corrected chi connectivity index (χ1v) is 8.45. The molecule has 1 aliphatic heterocycles. The van der Waals surface area contributed by atoms with Crippen molar-refractivity contribution in [3.8, 4) is 0 Å². The van der Waals surface area contributed by atoms with Gasteiger partial charge >= 0.3 is 17.8 Å². The number of imide groups is 2. The molecule has 1 saturated heterocycles. The zero-order valence-electron chi connectivity index (χ0n) is 14.7. The van der Waals surface area contributed by atoms with Crippen molar-refractivity contribution in [3.05, 3.63) is 35.6 Å². The van der Waals surface area contributed by atoms with E-state index in [4.69, 9.17) is 4.42 Å². The van der Waals surface area contributed by atoms with Gasteiger partial charge in [-0.2, -0.15) is 0 Å². The minimum absolute atomic E-state index is 0.141. The lowest BCUT2D eigenvalue weighted by Crippen LogP contribution is -3.09. The fourth-order valence-electron chi connectivity index (χ4n) is 3.23. The van der Waals surface area contributed by atoms with Crippen LogP contribution in [0.15, 0.2) is 28.7 Å². The summed E-state index contributed by atoms with van der Waals surface area (Å²) in [5.74, 6) is -0.590. The summed E-state index contributed by atoms with van der Waals surface area (Å²) in [6, 6.07) is 7.29. The Hall–Kier alpha value is -2.67. The van der Waals surface area contributed by atoms with Gasteiger partial charge in [0.05, 0.1) is 12.6 Å². The smallest absolute Gasteiger partial charge is 0.338 e. The molecule has 25 heavy (non-hydrogen) atoms. The van der Waals surface area contributed by atoms with E-state index in [0.717, 1.165) is 43.4 Å². The van der Waals surface area contributed by atoms with Crippen LogP contribution in [0.3, 0.4) is 0 Å². The molecule has 4 amide bonds. The Morgan fingerprint density at radius 1 is 1.04 bits per heavy atom. The Bertz CT molecular complexity index is 842. The highest BCUT2D eigenvalue weighted by atomic mass is 16.3. The second kappa shape index (κ2) is 6.68. The molecule has 1 N–H and O–H groups in total. The van der Waals surface area contributed by atoms with Crippen LogP contribution in [0.1, 0.15) is 25.2 Å². The molecule has 0 radical (unpaired) electrons. The number of para-hydroxylation sites is 1. The number of hydrogen-bond donors (Lipinski definition) is 1.